The second-order valence-corrected chi connectivity index (χ2v) is 4.36. The smallest absolute Gasteiger partial charge is 0.0534 e. The second kappa shape index (κ2) is 8.59. The zero-order chi connectivity index (χ0) is 11.6. The minimum absolute atomic E-state index is 0.795. The monoisotopic (exact) mass is 243 g/mol. The Morgan fingerprint density at radius 2 is 2.12 bits per heavy atom. The number of nitrogens with one attached hydrogen (secondary N) is 1. The highest BCUT2D eigenvalue weighted by atomic mass is 35.5. The zero-order valence-electron chi connectivity index (χ0n) is 10.1. The van der Waals surface area contributed by atoms with Crippen LogP contribution in [0.25, 0.3) is 0 Å². The first-order valence-electron chi connectivity index (χ1n) is 6.15. The summed E-state index contributed by atoms with van der Waals surface area (Å²) in [5, 5.41) is 7.67. The maximum absolute atomic E-state index is 5.61. The summed E-state index contributed by atoms with van der Waals surface area (Å²) in [4.78, 5) is 0. The highest BCUT2D eigenvalue weighted by Gasteiger charge is 1.96. The summed E-state index contributed by atoms with van der Waals surface area (Å²) in [6, 6.07) is 0. The zero-order valence-corrected chi connectivity index (χ0v) is 10.8. The van der Waals surface area contributed by atoms with E-state index < -0.39 is 0 Å². The van der Waals surface area contributed by atoms with Crippen molar-refractivity contribution in [1.82, 2.24) is 15.1 Å². The van der Waals surface area contributed by atoms with Gasteiger partial charge in [-0.05, 0) is 26.3 Å². The number of rotatable bonds is 9. The van der Waals surface area contributed by atoms with Crippen molar-refractivity contribution < 1.29 is 0 Å². The molecule has 0 unspecified atom stereocenters. The molecule has 1 heterocycles. The molecule has 0 aliphatic rings. The Hall–Kier alpha value is -0.540. The molecule has 1 aromatic heterocycles. The van der Waals surface area contributed by atoms with E-state index in [1.165, 1.54) is 24.8 Å². The fourth-order valence-corrected chi connectivity index (χ4v) is 1.79. The number of hydrogen-bond donors (Lipinski definition) is 1. The van der Waals surface area contributed by atoms with Gasteiger partial charge >= 0.3 is 0 Å². The van der Waals surface area contributed by atoms with Crippen LogP contribution in [0, 0.1) is 0 Å². The van der Waals surface area contributed by atoms with E-state index in [1.807, 2.05) is 10.9 Å². The van der Waals surface area contributed by atoms with Crippen LogP contribution >= 0.6 is 11.6 Å². The van der Waals surface area contributed by atoms with Gasteiger partial charge in [-0.15, -0.1) is 11.6 Å². The van der Waals surface area contributed by atoms with Crippen molar-refractivity contribution in [2.45, 2.75) is 45.7 Å². The third kappa shape index (κ3) is 5.52. The molecule has 0 saturated heterocycles. The van der Waals surface area contributed by atoms with Gasteiger partial charge in [0.15, 0.2) is 0 Å². The predicted octanol–water partition coefficient (Wildman–Crippen LogP) is 2.79. The van der Waals surface area contributed by atoms with Crippen LogP contribution < -0.4 is 5.32 Å². The summed E-state index contributed by atoms with van der Waals surface area (Å²) in [6.45, 7) is 5.05. The maximum atomic E-state index is 5.61. The molecule has 0 amide bonds. The van der Waals surface area contributed by atoms with Crippen LogP contribution in [0.15, 0.2) is 12.4 Å². The summed E-state index contributed by atoms with van der Waals surface area (Å²) in [5.74, 6) is 0.795. The van der Waals surface area contributed by atoms with Crippen LogP contribution in [0.2, 0.25) is 0 Å². The molecule has 0 spiro atoms. The van der Waals surface area contributed by atoms with Gasteiger partial charge in [-0.1, -0.05) is 12.8 Å². The predicted molar refractivity (Wildman–Crippen MR) is 68.8 cm³/mol. The summed E-state index contributed by atoms with van der Waals surface area (Å²) >= 11 is 5.61. The number of unbranched alkanes of at least 4 members (excludes halogenated alkanes) is 3. The van der Waals surface area contributed by atoms with Crippen molar-refractivity contribution in [1.29, 1.82) is 0 Å². The second-order valence-electron chi connectivity index (χ2n) is 3.98. The van der Waals surface area contributed by atoms with Gasteiger partial charge in [0, 0.05) is 30.7 Å². The minimum atomic E-state index is 0.795. The lowest BCUT2D eigenvalue weighted by Crippen LogP contribution is -2.14. The van der Waals surface area contributed by atoms with Crippen LogP contribution in [0.3, 0.4) is 0 Å². The fraction of sp³-hybridized carbons (Fsp3) is 0.750. The Morgan fingerprint density at radius 1 is 1.31 bits per heavy atom. The van der Waals surface area contributed by atoms with E-state index in [2.05, 4.69) is 23.5 Å². The van der Waals surface area contributed by atoms with Crippen molar-refractivity contribution in [3.8, 4) is 0 Å². The molecular formula is C12H22ClN3. The number of aromatic nitrogens is 2. The van der Waals surface area contributed by atoms with Crippen LogP contribution in [0.5, 0.6) is 0 Å². The maximum Gasteiger partial charge on any atom is 0.0534 e. The number of hydrogen-bond acceptors (Lipinski definition) is 2. The van der Waals surface area contributed by atoms with Gasteiger partial charge in [-0.3, -0.25) is 4.68 Å². The van der Waals surface area contributed by atoms with Gasteiger partial charge in [-0.2, -0.15) is 5.10 Å². The fourth-order valence-electron chi connectivity index (χ4n) is 1.60. The van der Waals surface area contributed by atoms with Crippen LogP contribution in [-0.2, 0) is 13.1 Å². The normalized spacial score (nSPS) is 10.9. The van der Waals surface area contributed by atoms with Crippen molar-refractivity contribution in [3.05, 3.63) is 18.0 Å². The van der Waals surface area contributed by atoms with E-state index in [-0.39, 0.29) is 0 Å². The first-order valence-corrected chi connectivity index (χ1v) is 6.68. The van der Waals surface area contributed by atoms with Gasteiger partial charge in [0.1, 0.15) is 0 Å². The highest BCUT2D eigenvalue weighted by molar-refractivity contribution is 6.17. The van der Waals surface area contributed by atoms with Crippen molar-refractivity contribution >= 4 is 11.6 Å². The summed E-state index contributed by atoms with van der Waals surface area (Å²) in [5.41, 5.74) is 1.27. The van der Waals surface area contributed by atoms with Gasteiger partial charge < -0.3 is 5.32 Å². The van der Waals surface area contributed by atoms with Gasteiger partial charge in [0.2, 0.25) is 0 Å². The highest BCUT2D eigenvalue weighted by Crippen LogP contribution is 2.01. The summed E-state index contributed by atoms with van der Waals surface area (Å²) in [7, 11) is 0. The molecule has 1 aromatic rings. The molecule has 4 heteroatoms. The molecule has 0 radical (unpaired) electrons. The number of alkyl halides is 1. The van der Waals surface area contributed by atoms with Crippen molar-refractivity contribution in [3.63, 3.8) is 0 Å². The quantitative estimate of drug-likeness (QED) is 0.534. The molecule has 92 valence electrons. The average Bonchev–Trinajstić information content (AvgIpc) is 2.76. The van der Waals surface area contributed by atoms with Crippen molar-refractivity contribution in [2.75, 3.05) is 12.4 Å². The molecule has 0 atom stereocenters. The van der Waals surface area contributed by atoms with Crippen LogP contribution in [-0.4, -0.2) is 22.2 Å². The Morgan fingerprint density at radius 3 is 2.81 bits per heavy atom. The Labute approximate surface area is 103 Å². The van der Waals surface area contributed by atoms with Gasteiger partial charge in [-0.25, -0.2) is 0 Å². The van der Waals surface area contributed by atoms with Crippen LogP contribution in [0.1, 0.15) is 38.2 Å². The molecular weight excluding hydrogens is 222 g/mol. The first-order chi connectivity index (χ1) is 7.86. The minimum Gasteiger partial charge on any atom is -0.313 e. The van der Waals surface area contributed by atoms with Crippen LogP contribution in [0.4, 0.5) is 0 Å². The average molecular weight is 244 g/mol. The molecule has 1 N–H and O–H groups in total. The Balaban J connectivity index is 1.98. The lowest BCUT2D eigenvalue weighted by atomic mass is 10.2. The molecule has 0 saturated carbocycles. The topological polar surface area (TPSA) is 29.9 Å². The van der Waals surface area contributed by atoms with E-state index in [9.17, 15) is 0 Å². The molecule has 3 nitrogen and oxygen atoms in total. The SMILES string of the molecule is CCn1cc(CNCCCCCCCl)cn1. The molecule has 0 aliphatic carbocycles. The number of halogens is 1. The summed E-state index contributed by atoms with van der Waals surface area (Å²) in [6.07, 6.45) is 8.93. The molecule has 1 rings (SSSR count). The lowest BCUT2D eigenvalue weighted by Gasteiger charge is -2.02. The third-order valence-corrected chi connectivity index (χ3v) is 2.84. The molecule has 0 aliphatic heterocycles. The Kier molecular flexibility index (Phi) is 7.26. The van der Waals surface area contributed by atoms with Gasteiger partial charge in [0.05, 0.1) is 6.20 Å². The molecule has 0 fully saturated rings. The third-order valence-electron chi connectivity index (χ3n) is 2.58. The molecule has 16 heavy (non-hydrogen) atoms. The summed E-state index contributed by atoms with van der Waals surface area (Å²) < 4.78 is 1.96. The molecule has 0 bridgehead atoms. The Bertz CT molecular complexity index is 273. The standard InChI is InChI=1S/C12H22ClN3/c1-2-16-11-12(10-15-16)9-14-8-6-4-3-5-7-13/h10-11,14H,2-9H2,1H3. The number of aryl methyl sites for hydroxylation is 1. The van der Waals surface area contributed by atoms with E-state index in [0.717, 1.165) is 31.9 Å². The van der Waals surface area contributed by atoms with E-state index in [4.69, 9.17) is 11.6 Å². The first kappa shape index (κ1) is 13.5. The van der Waals surface area contributed by atoms with E-state index in [0.29, 0.717) is 0 Å². The van der Waals surface area contributed by atoms with E-state index in [1.54, 1.807) is 0 Å². The lowest BCUT2D eigenvalue weighted by molar-refractivity contribution is 0.598. The van der Waals surface area contributed by atoms with Crippen molar-refractivity contribution in [2.24, 2.45) is 0 Å². The van der Waals surface area contributed by atoms with Gasteiger partial charge in [0.25, 0.3) is 0 Å². The largest absolute Gasteiger partial charge is 0.313 e. The molecule has 0 aromatic carbocycles. The number of nitrogens with zero attached hydrogens (tertiary/aromatic N) is 2. The van der Waals surface area contributed by atoms with E-state index >= 15 is 0 Å².